The predicted octanol–water partition coefficient (Wildman–Crippen LogP) is 4.87. The van der Waals surface area contributed by atoms with Crippen LogP contribution in [0.5, 0.6) is 0 Å². The third kappa shape index (κ3) is 4.15. The van der Waals surface area contributed by atoms with Crippen LogP contribution in [0.15, 0.2) is 72.9 Å². The van der Waals surface area contributed by atoms with Gasteiger partial charge in [-0.25, -0.2) is 4.79 Å². The molecule has 0 radical (unpaired) electrons. The van der Waals surface area contributed by atoms with E-state index >= 15 is 0 Å². The summed E-state index contributed by atoms with van der Waals surface area (Å²) in [7, 11) is 0. The number of carbonyl (C=O) groups excluding carboxylic acids is 2. The van der Waals surface area contributed by atoms with E-state index in [0.717, 1.165) is 45.8 Å². The number of esters is 1. The van der Waals surface area contributed by atoms with Gasteiger partial charge in [-0.05, 0) is 54.4 Å². The Labute approximate surface area is 191 Å². The quantitative estimate of drug-likeness (QED) is 0.436. The molecule has 33 heavy (non-hydrogen) atoms. The fourth-order valence-electron chi connectivity index (χ4n) is 4.10. The molecule has 0 fully saturated rings. The van der Waals surface area contributed by atoms with Gasteiger partial charge in [-0.2, -0.15) is 0 Å². The van der Waals surface area contributed by atoms with Crippen molar-refractivity contribution >= 4 is 11.9 Å². The number of benzene rings is 2. The lowest BCUT2D eigenvalue weighted by atomic mass is 9.99. The van der Waals surface area contributed by atoms with Crippen LogP contribution >= 0.6 is 0 Å². The normalized spacial score (nSPS) is 12.7. The number of hydrogen-bond acceptors (Lipinski definition) is 4. The Kier molecular flexibility index (Phi) is 5.48. The monoisotopic (exact) mass is 437 g/mol. The molecule has 164 valence electrons. The van der Waals surface area contributed by atoms with Gasteiger partial charge in [0.25, 0.3) is 5.91 Å². The zero-order chi connectivity index (χ0) is 22.8. The first-order chi connectivity index (χ1) is 16.1. The zero-order valence-corrected chi connectivity index (χ0v) is 18.2. The number of amides is 1. The summed E-state index contributed by atoms with van der Waals surface area (Å²) < 4.78 is 5.13. The van der Waals surface area contributed by atoms with Gasteiger partial charge in [0.05, 0.1) is 23.4 Å². The van der Waals surface area contributed by atoms with Crippen LogP contribution in [0.25, 0.3) is 33.6 Å². The van der Waals surface area contributed by atoms with Gasteiger partial charge in [-0.15, -0.1) is 0 Å². The number of aromatic amines is 1. The van der Waals surface area contributed by atoms with Gasteiger partial charge in [0.2, 0.25) is 0 Å². The number of hydrogen-bond donors (Lipinski definition) is 2. The molecule has 3 heterocycles. The summed E-state index contributed by atoms with van der Waals surface area (Å²) in [5.41, 5.74) is 7.78. The van der Waals surface area contributed by atoms with Gasteiger partial charge in [0.1, 0.15) is 0 Å². The summed E-state index contributed by atoms with van der Waals surface area (Å²) in [6.07, 6.45) is 2.57. The Bertz CT molecular complexity index is 1360. The Hall–Kier alpha value is -4.19. The van der Waals surface area contributed by atoms with Crippen LogP contribution in [0.3, 0.4) is 0 Å². The van der Waals surface area contributed by atoms with E-state index in [4.69, 9.17) is 4.74 Å². The number of nitrogens with zero attached hydrogens (tertiary/aromatic N) is 1. The summed E-state index contributed by atoms with van der Waals surface area (Å²) >= 11 is 0. The van der Waals surface area contributed by atoms with Crippen molar-refractivity contribution in [3.63, 3.8) is 0 Å². The molecule has 6 heteroatoms. The van der Waals surface area contributed by atoms with Crippen molar-refractivity contribution in [3.05, 3.63) is 89.7 Å². The van der Waals surface area contributed by atoms with E-state index in [1.54, 1.807) is 19.2 Å². The highest BCUT2D eigenvalue weighted by molar-refractivity contribution is 5.98. The van der Waals surface area contributed by atoms with Crippen molar-refractivity contribution in [2.75, 3.05) is 13.2 Å². The third-order valence-corrected chi connectivity index (χ3v) is 5.74. The summed E-state index contributed by atoms with van der Waals surface area (Å²) in [5, 5.41) is 2.88. The minimum atomic E-state index is -0.327. The molecule has 1 amide bonds. The van der Waals surface area contributed by atoms with Gasteiger partial charge in [0, 0.05) is 41.7 Å². The number of rotatable bonds is 5. The molecule has 0 unspecified atom stereocenters. The van der Waals surface area contributed by atoms with Crippen molar-refractivity contribution < 1.29 is 14.3 Å². The van der Waals surface area contributed by atoms with E-state index in [1.807, 2.05) is 54.6 Å². The van der Waals surface area contributed by atoms with Crippen LogP contribution in [0.4, 0.5) is 0 Å². The Morgan fingerprint density at radius 2 is 1.76 bits per heavy atom. The molecule has 6 nitrogen and oxygen atoms in total. The third-order valence-electron chi connectivity index (χ3n) is 5.74. The Balaban J connectivity index is 1.47. The molecule has 0 aliphatic carbocycles. The maximum atomic E-state index is 12.1. The van der Waals surface area contributed by atoms with Crippen LogP contribution in [0.1, 0.15) is 33.3 Å². The molecule has 0 atom stereocenters. The smallest absolute Gasteiger partial charge is 0.338 e. The molecule has 1 aliphatic heterocycles. The van der Waals surface area contributed by atoms with Gasteiger partial charge < -0.3 is 15.0 Å². The number of nitrogens with one attached hydrogen (secondary N) is 2. The van der Waals surface area contributed by atoms with E-state index in [1.165, 1.54) is 0 Å². The summed E-state index contributed by atoms with van der Waals surface area (Å²) in [4.78, 5) is 32.2. The second-order valence-electron chi connectivity index (χ2n) is 7.89. The molecule has 0 bridgehead atoms. The largest absolute Gasteiger partial charge is 0.462 e. The molecule has 0 spiro atoms. The van der Waals surface area contributed by atoms with Crippen molar-refractivity contribution in [2.24, 2.45) is 0 Å². The van der Waals surface area contributed by atoms with Crippen molar-refractivity contribution in [1.82, 2.24) is 15.3 Å². The summed E-state index contributed by atoms with van der Waals surface area (Å²) in [6, 6.07) is 21.3. The molecule has 5 rings (SSSR count). The Morgan fingerprint density at radius 3 is 2.58 bits per heavy atom. The predicted molar refractivity (Wildman–Crippen MR) is 127 cm³/mol. The second kappa shape index (κ2) is 8.74. The van der Waals surface area contributed by atoms with Gasteiger partial charge >= 0.3 is 5.97 Å². The average molecular weight is 437 g/mol. The van der Waals surface area contributed by atoms with E-state index in [2.05, 4.69) is 21.4 Å². The highest BCUT2D eigenvalue weighted by Gasteiger charge is 2.20. The molecule has 4 aromatic rings. The minimum Gasteiger partial charge on any atom is -0.462 e. The SMILES string of the molecule is CCOC(=O)c1cccc(-c2cccc(-c3cc(-c4cc5c([nH]4)CCNC5=O)ccn3)c2)c1. The molecule has 1 aliphatic rings. The van der Waals surface area contributed by atoms with E-state index < -0.39 is 0 Å². The highest BCUT2D eigenvalue weighted by Crippen LogP contribution is 2.30. The Morgan fingerprint density at radius 1 is 0.970 bits per heavy atom. The zero-order valence-electron chi connectivity index (χ0n) is 18.2. The van der Waals surface area contributed by atoms with E-state index in [0.29, 0.717) is 24.3 Å². The minimum absolute atomic E-state index is 0.0363. The first-order valence-corrected chi connectivity index (χ1v) is 11.0. The van der Waals surface area contributed by atoms with Gasteiger partial charge in [-0.1, -0.05) is 30.3 Å². The maximum absolute atomic E-state index is 12.1. The lowest BCUT2D eigenvalue weighted by molar-refractivity contribution is 0.0526. The highest BCUT2D eigenvalue weighted by atomic mass is 16.5. The lowest BCUT2D eigenvalue weighted by Crippen LogP contribution is -2.31. The number of H-pyrrole nitrogens is 1. The molecule has 2 aromatic carbocycles. The molecule has 0 saturated heterocycles. The van der Waals surface area contributed by atoms with Crippen LogP contribution in [-0.4, -0.2) is 35.0 Å². The van der Waals surface area contributed by atoms with Gasteiger partial charge in [-0.3, -0.25) is 9.78 Å². The van der Waals surface area contributed by atoms with Crippen LogP contribution in [-0.2, 0) is 11.2 Å². The van der Waals surface area contributed by atoms with Crippen LogP contribution < -0.4 is 5.32 Å². The van der Waals surface area contributed by atoms with Crippen molar-refractivity contribution in [2.45, 2.75) is 13.3 Å². The van der Waals surface area contributed by atoms with Crippen LogP contribution in [0.2, 0.25) is 0 Å². The molecular formula is C27H23N3O3. The maximum Gasteiger partial charge on any atom is 0.338 e. The molecule has 0 saturated carbocycles. The first-order valence-electron chi connectivity index (χ1n) is 11.0. The number of pyridine rings is 1. The average Bonchev–Trinajstić information content (AvgIpc) is 3.30. The fraction of sp³-hybridized carbons (Fsp3) is 0.148. The fourth-order valence-corrected chi connectivity index (χ4v) is 4.10. The number of ether oxygens (including phenoxy) is 1. The lowest BCUT2D eigenvalue weighted by Gasteiger charge is -2.11. The van der Waals surface area contributed by atoms with E-state index in [9.17, 15) is 9.59 Å². The van der Waals surface area contributed by atoms with Crippen molar-refractivity contribution in [1.29, 1.82) is 0 Å². The molecule has 2 aromatic heterocycles. The summed E-state index contributed by atoms with van der Waals surface area (Å²) in [5.74, 6) is -0.363. The summed E-state index contributed by atoms with van der Waals surface area (Å²) in [6.45, 7) is 2.79. The molecule has 2 N–H and O–H groups in total. The van der Waals surface area contributed by atoms with Crippen molar-refractivity contribution in [3.8, 4) is 33.6 Å². The topological polar surface area (TPSA) is 84.1 Å². The van der Waals surface area contributed by atoms with E-state index in [-0.39, 0.29) is 11.9 Å². The number of fused-ring (bicyclic) bond motifs is 1. The van der Waals surface area contributed by atoms with Gasteiger partial charge in [0.15, 0.2) is 0 Å². The standard InChI is InChI=1S/C27H23N3O3/c1-2-33-27(32)21-8-4-6-18(14-21)17-5-3-7-19(13-17)24-15-20(9-11-28-24)25-16-22-23(30-25)10-12-29-26(22)31/h3-9,11,13-16,30H,2,10,12H2,1H3,(H,29,31). The number of aromatic nitrogens is 2. The van der Waals surface area contributed by atoms with Crippen LogP contribution in [0, 0.1) is 0 Å². The molecular weight excluding hydrogens is 414 g/mol. The second-order valence-corrected chi connectivity index (χ2v) is 7.89. The number of carbonyl (C=O) groups is 2. The first kappa shape index (κ1) is 20.7.